The molecule has 0 aliphatic heterocycles. The lowest BCUT2D eigenvalue weighted by molar-refractivity contribution is 0.585. The summed E-state index contributed by atoms with van der Waals surface area (Å²) in [7, 11) is 1.94. The zero-order valence-corrected chi connectivity index (χ0v) is 21.4. The van der Waals surface area contributed by atoms with E-state index in [0.29, 0.717) is 6.54 Å². The Morgan fingerprint density at radius 2 is 1.74 bits per heavy atom. The third-order valence-electron chi connectivity index (χ3n) is 6.55. The van der Waals surface area contributed by atoms with Gasteiger partial charge in [-0.05, 0) is 49.9 Å². The fourth-order valence-corrected chi connectivity index (χ4v) is 4.60. The molecule has 0 radical (unpaired) electrons. The minimum absolute atomic E-state index is 0.607. The molecule has 0 spiro atoms. The van der Waals surface area contributed by atoms with Crippen molar-refractivity contribution in [3.05, 3.63) is 103 Å². The second-order valence-corrected chi connectivity index (χ2v) is 9.32. The highest BCUT2D eigenvalue weighted by molar-refractivity contribution is 5.89. The number of fused-ring (bicyclic) bond motifs is 1. The van der Waals surface area contributed by atoms with Crippen molar-refractivity contribution in [2.75, 3.05) is 13.6 Å². The SMILES string of the molecule is CNCCn1cc(-c2cnc3ccc(-c4nnn(Cc5ccccc5)c4-c4cccc(C)n4)cc3c2)cn1. The smallest absolute Gasteiger partial charge is 0.122 e. The molecule has 0 amide bonds. The van der Waals surface area contributed by atoms with Crippen LogP contribution in [0.1, 0.15) is 11.3 Å². The van der Waals surface area contributed by atoms with Crippen molar-refractivity contribution >= 4 is 10.9 Å². The average Bonchev–Trinajstić information content (AvgIpc) is 3.59. The first-order valence-electron chi connectivity index (χ1n) is 12.7. The minimum Gasteiger partial charge on any atom is -0.318 e. The second-order valence-electron chi connectivity index (χ2n) is 9.32. The first-order valence-corrected chi connectivity index (χ1v) is 12.7. The Bertz CT molecular complexity index is 1700. The summed E-state index contributed by atoms with van der Waals surface area (Å²) in [6.07, 6.45) is 5.85. The molecule has 1 N–H and O–H groups in total. The molecule has 6 rings (SSSR count). The molecule has 188 valence electrons. The number of nitrogens with one attached hydrogen (secondary N) is 1. The molecule has 0 unspecified atom stereocenters. The summed E-state index contributed by atoms with van der Waals surface area (Å²) < 4.78 is 3.88. The van der Waals surface area contributed by atoms with Gasteiger partial charge in [0, 0.05) is 46.7 Å². The molecule has 2 aromatic carbocycles. The molecule has 0 fully saturated rings. The Balaban J connectivity index is 1.42. The van der Waals surface area contributed by atoms with Gasteiger partial charge in [-0.2, -0.15) is 5.10 Å². The predicted octanol–water partition coefficient (Wildman–Crippen LogP) is 4.99. The Morgan fingerprint density at radius 1 is 0.868 bits per heavy atom. The molecular weight excluding hydrogens is 472 g/mol. The maximum atomic E-state index is 4.82. The van der Waals surface area contributed by atoms with Crippen LogP contribution in [0.25, 0.3) is 44.7 Å². The van der Waals surface area contributed by atoms with Crippen LogP contribution in [-0.4, -0.2) is 48.3 Å². The van der Waals surface area contributed by atoms with Crippen molar-refractivity contribution in [3.8, 4) is 33.8 Å². The van der Waals surface area contributed by atoms with Gasteiger partial charge >= 0.3 is 0 Å². The maximum absolute atomic E-state index is 4.82. The molecule has 0 saturated heterocycles. The molecule has 38 heavy (non-hydrogen) atoms. The highest BCUT2D eigenvalue weighted by Gasteiger charge is 2.19. The molecule has 0 aliphatic carbocycles. The molecule has 4 heterocycles. The van der Waals surface area contributed by atoms with E-state index in [1.54, 1.807) is 0 Å². The maximum Gasteiger partial charge on any atom is 0.122 e. The van der Waals surface area contributed by atoms with E-state index in [1.165, 1.54) is 0 Å². The van der Waals surface area contributed by atoms with Crippen LogP contribution < -0.4 is 5.32 Å². The van der Waals surface area contributed by atoms with Gasteiger partial charge in [0.25, 0.3) is 0 Å². The number of hydrogen-bond donors (Lipinski definition) is 1. The fraction of sp³-hybridized carbons (Fsp3) is 0.167. The summed E-state index contributed by atoms with van der Waals surface area (Å²) in [5.41, 5.74) is 8.60. The third kappa shape index (κ3) is 4.81. The summed E-state index contributed by atoms with van der Waals surface area (Å²) in [5, 5.41) is 17.9. The van der Waals surface area contributed by atoms with Gasteiger partial charge in [-0.15, -0.1) is 5.10 Å². The number of rotatable bonds is 8. The van der Waals surface area contributed by atoms with Crippen LogP contribution in [0, 0.1) is 6.92 Å². The minimum atomic E-state index is 0.607. The van der Waals surface area contributed by atoms with Crippen LogP contribution >= 0.6 is 0 Å². The number of aryl methyl sites for hydroxylation is 1. The second kappa shape index (κ2) is 10.4. The Hall–Kier alpha value is -4.69. The number of nitrogens with zero attached hydrogens (tertiary/aromatic N) is 7. The standard InChI is InChI=1S/C30H28N8/c1-21-7-6-10-28(34-21)30-29(35-36-38(30)19-22-8-4-3-5-9-22)23-11-12-27-24(15-23)16-25(17-32-27)26-18-33-37(20-26)14-13-31-2/h3-12,15-18,20,31H,13-14,19H2,1-2H3. The van der Waals surface area contributed by atoms with Crippen LogP contribution in [0.3, 0.4) is 0 Å². The van der Waals surface area contributed by atoms with E-state index in [9.17, 15) is 0 Å². The molecule has 6 aromatic rings. The summed E-state index contributed by atoms with van der Waals surface area (Å²) in [5.74, 6) is 0. The lowest BCUT2D eigenvalue weighted by atomic mass is 10.0. The Labute approximate surface area is 221 Å². The zero-order chi connectivity index (χ0) is 25.9. The number of pyridine rings is 2. The van der Waals surface area contributed by atoms with Gasteiger partial charge in [0.15, 0.2) is 0 Å². The average molecular weight is 501 g/mol. The van der Waals surface area contributed by atoms with Gasteiger partial charge in [0.05, 0.1) is 30.5 Å². The molecule has 0 atom stereocenters. The van der Waals surface area contributed by atoms with Crippen LogP contribution in [-0.2, 0) is 13.1 Å². The van der Waals surface area contributed by atoms with Gasteiger partial charge in [0.2, 0.25) is 0 Å². The van der Waals surface area contributed by atoms with Crippen molar-refractivity contribution in [1.82, 2.24) is 40.1 Å². The van der Waals surface area contributed by atoms with Crippen LogP contribution in [0.4, 0.5) is 0 Å². The fourth-order valence-electron chi connectivity index (χ4n) is 4.60. The van der Waals surface area contributed by atoms with E-state index in [1.807, 2.05) is 78.2 Å². The zero-order valence-electron chi connectivity index (χ0n) is 21.4. The van der Waals surface area contributed by atoms with E-state index in [-0.39, 0.29) is 0 Å². The molecule has 8 heteroatoms. The summed E-state index contributed by atoms with van der Waals surface area (Å²) in [6, 6.07) is 24.7. The highest BCUT2D eigenvalue weighted by atomic mass is 15.4. The van der Waals surface area contributed by atoms with Crippen molar-refractivity contribution in [1.29, 1.82) is 0 Å². The van der Waals surface area contributed by atoms with Gasteiger partial charge in [-0.25, -0.2) is 4.68 Å². The number of benzene rings is 2. The topological polar surface area (TPSA) is 86.3 Å². The van der Waals surface area contributed by atoms with Crippen molar-refractivity contribution in [2.24, 2.45) is 0 Å². The van der Waals surface area contributed by atoms with Crippen LogP contribution in [0.15, 0.2) is 91.4 Å². The summed E-state index contributed by atoms with van der Waals surface area (Å²) in [4.78, 5) is 9.53. The Morgan fingerprint density at radius 3 is 2.58 bits per heavy atom. The monoisotopic (exact) mass is 500 g/mol. The number of likely N-dealkylation sites (N-methyl/N-ethyl adjacent to an activating group) is 1. The first-order chi connectivity index (χ1) is 18.7. The summed E-state index contributed by atoms with van der Waals surface area (Å²) >= 11 is 0. The molecule has 0 aliphatic rings. The molecule has 4 aromatic heterocycles. The molecule has 0 saturated carbocycles. The van der Waals surface area contributed by atoms with Gasteiger partial charge in [0.1, 0.15) is 11.4 Å². The van der Waals surface area contributed by atoms with Crippen molar-refractivity contribution < 1.29 is 0 Å². The van der Waals surface area contributed by atoms with E-state index in [2.05, 4.69) is 57.3 Å². The third-order valence-corrected chi connectivity index (χ3v) is 6.55. The largest absolute Gasteiger partial charge is 0.318 e. The van der Waals surface area contributed by atoms with Crippen molar-refractivity contribution in [3.63, 3.8) is 0 Å². The van der Waals surface area contributed by atoms with E-state index in [0.717, 1.165) is 69.0 Å². The molecule has 0 bridgehead atoms. The lowest BCUT2D eigenvalue weighted by Crippen LogP contribution is -2.14. The van der Waals surface area contributed by atoms with E-state index in [4.69, 9.17) is 9.97 Å². The van der Waals surface area contributed by atoms with Gasteiger partial charge < -0.3 is 5.32 Å². The number of aromatic nitrogens is 7. The molecule has 8 nitrogen and oxygen atoms in total. The first kappa shape index (κ1) is 23.7. The lowest BCUT2D eigenvalue weighted by Gasteiger charge is -2.10. The Kier molecular flexibility index (Phi) is 6.46. The van der Waals surface area contributed by atoms with Gasteiger partial charge in [-0.1, -0.05) is 47.7 Å². The highest BCUT2D eigenvalue weighted by Crippen LogP contribution is 2.32. The van der Waals surface area contributed by atoms with E-state index >= 15 is 0 Å². The van der Waals surface area contributed by atoms with E-state index < -0.39 is 0 Å². The normalized spacial score (nSPS) is 11.3. The molecular formula is C30H28N8. The predicted molar refractivity (Wildman–Crippen MR) is 149 cm³/mol. The quantitative estimate of drug-likeness (QED) is 0.317. The van der Waals surface area contributed by atoms with Crippen LogP contribution in [0.2, 0.25) is 0 Å². The number of hydrogen-bond acceptors (Lipinski definition) is 6. The van der Waals surface area contributed by atoms with Crippen LogP contribution in [0.5, 0.6) is 0 Å². The summed E-state index contributed by atoms with van der Waals surface area (Å²) in [6.45, 7) is 4.29. The van der Waals surface area contributed by atoms with Gasteiger partial charge in [-0.3, -0.25) is 14.6 Å². The van der Waals surface area contributed by atoms with Crippen molar-refractivity contribution in [2.45, 2.75) is 20.0 Å².